The summed E-state index contributed by atoms with van der Waals surface area (Å²) in [6.07, 6.45) is 0. The highest BCUT2D eigenvalue weighted by atomic mass is 16.5. The van der Waals surface area contributed by atoms with E-state index in [-0.39, 0.29) is 18.7 Å². The van der Waals surface area contributed by atoms with Crippen molar-refractivity contribution in [2.75, 3.05) is 18.5 Å². The molecule has 0 aromatic heterocycles. The quantitative estimate of drug-likeness (QED) is 0.707. The molecule has 0 aliphatic heterocycles. The summed E-state index contributed by atoms with van der Waals surface area (Å²) in [5.74, 6) is -1.61. The molecule has 1 aromatic rings. The van der Waals surface area contributed by atoms with Gasteiger partial charge in [0, 0.05) is 5.69 Å². The number of urea groups is 1. The van der Waals surface area contributed by atoms with Gasteiger partial charge in [-0.15, -0.1) is 0 Å². The van der Waals surface area contributed by atoms with Crippen molar-refractivity contribution < 1.29 is 24.2 Å². The molecule has 0 saturated carbocycles. The van der Waals surface area contributed by atoms with Gasteiger partial charge in [-0.25, -0.2) is 9.59 Å². The highest BCUT2D eigenvalue weighted by Crippen LogP contribution is 2.18. The van der Waals surface area contributed by atoms with Crippen LogP contribution in [0.1, 0.15) is 22.8 Å². The van der Waals surface area contributed by atoms with E-state index in [1.165, 1.54) is 12.1 Å². The number of rotatable bonds is 5. The number of aromatic carboxylic acids is 1. The first-order valence-corrected chi connectivity index (χ1v) is 5.99. The third kappa shape index (κ3) is 4.27. The van der Waals surface area contributed by atoms with Crippen LogP contribution in [0.5, 0.6) is 0 Å². The minimum absolute atomic E-state index is 0.105. The minimum atomic E-state index is -1.07. The van der Waals surface area contributed by atoms with Crippen LogP contribution in [-0.4, -0.2) is 36.2 Å². The monoisotopic (exact) mass is 280 g/mol. The van der Waals surface area contributed by atoms with Gasteiger partial charge in [0.25, 0.3) is 0 Å². The summed E-state index contributed by atoms with van der Waals surface area (Å²) < 4.78 is 4.66. The van der Waals surface area contributed by atoms with Crippen LogP contribution in [0, 0.1) is 6.92 Å². The summed E-state index contributed by atoms with van der Waals surface area (Å²) in [6, 6.07) is 3.94. The first-order valence-electron chi connectivity index (χ1n) is 5.99. The fourth-order valence-electron chi connectivity index (χ4n) is 1.53. The smallest absolute Gasteiger partial charge is 0.336 e. The average Bonchev–Trinajstić information content (AvgIpc) is 2.39. The van der Waals surface area contributed by atoms with E-state index in [9.17, 15) is 14.4 Å². The van der Waals surface area contributed by atoms with Crippen molar-refractivity contribution >= 4 is 23.7 Å². The molecule has 1 rings (SSSR count). The number of anilines is 1. The van der Waals surface area contributed by atoms with Crippen LogP contribution >= 0.6 is 0 Å². The Hall–Kier alpha value is -2.57. The zero-order chi connectivity index (χ0) is 15.1. The topological polar surface area (TPSA) is 105 Å². The van der Waals surface area contributed by atoms with E-state index in [1.54, 1.807) is 19.9 Å². The Bertz CT molecular complexity index is 527. The van der Waals surface area contributed by atoms with Crippen molar-refractivity contribution in [1.29, 1.82) is 0 Å². The molecule has 0 unspecified atom stereocenters. The van der Waals surface area contributed by atoms with Gasteiger partial charge in [-0.05, 0) is 31.5 Å². The number of nitrogens with one attached hydrogen (secondary N) is 2. The van der Waals surface area contributed by atoms with Gasteiger partial charge in [0.2, 0.25) is 0 Å². The molecule has 20 heavy (non-hydrogen) atoms. The van der Waals surface area contributed by atoms with Crippen molar-refractivity contribution in [3.63, 3.8) is 0 Å². The van der Waals surface area contributed by atoms with Crippen LogP contribution < -0.4 is 10.6 Å². The number of amides is 2. The molecule has 108 valence electrons. The van der Waals surface area contributed by atoms with E-state index in [1.807, 2.05) is 0 Å². The molecule has 7 nitrogen and oxygen atoms in total. The van der Waals surface area contributed by atoms with Crippen molar-refractivity contribution in [1.82, 2.24) is 5.32 Å². The molecule has 1 aromatic carbocycles. The van der Waals surface area contributed by atoms with Gasteiger partial charge in [-0.1, -0.05) is 6.07 Å². The first-order chi connectivity index (χ1) is 9.45. The van der Waals surface area contributed by atoms with Crippen LogP contribution in [0.25, 0.3) is 0 Å². The van der Waals surface area contributed by atoms with Gasteiger partial charge in [0.05, 0.1) is 12.2 Å². The Morgan fingerprint density at radius 1 is 1.30 bits per heavy atom. The number of ether oxygens (including phenoxy) is 1. The molecule has 0 aliphatic rings. The van der Waals surface area contributed by atoms with Crippen LogP contribution in [-0.2, 0) is 9.53 Å². The number of carbonyl (C=O) groups excluding carboxylic acids is 2. The van der Waals surface area contributed by atoms with E-state index in [4.69, 9.17) is 5.11 Å². The van der Waals surface area contributed by atoms with Crippen LogP contribution in [0.15, 0.2) is 18.2 Å². The molecule has 0 saturated heterocycles. The van der Waals surface area contributed by atoms with Crippen molar-refractivity contribution in [2.24, 2.45) is 0 Å². The second kappa shape index (κ2) is 7.13. The Kier molecular flexibility index (Phi) is 5.52. The molecule has 0 bridgehead atoms. The average molecular weight is 280 g/mol. The van der Waals surface area contributed by atoms with E-state index in [0.717, 1.165) is 0 Å². The second-order valence-corrected chi connectivity index (χ2v) is 3.90. The van der Waals surface area contributed by atoms with Gasteiger partial charge < -0.3 is 20.5 Å². The molecule has 7 heteroatoms. The largest absolute Gasteiger partial charge is 0.478 e. The third-order valence-corrected chi connectivity index (χ3v) is 2.51. The predicted octanol–water partition coefficient (Wildman–Crippen LogP) is 1.38. The highest BCUT2D eigenvalue weighted by Gasteiger charge is 2.12. The van der Waals surface area contributed by atoms with Gasteiger partial charge in [-0.3, -0.25) is 4.79 Å². The Morgan fingerprint density at radius 3 is 2.60 bits per heavy atom. The number of hydrogen-bond acceptors (Lipinski definition) is 4. The lowest BCUT2D eigenvalue weighted by Gasteiger charge is -2.11. The Morgan fingerprint density at radius 2 is 2.00 bits per heavy atom. The molecule has 0 fully saturated rings. The van der Waals surface area contributed by atoms with E-state index in [2.05, 4.69) is 15.4 Å². The number of carbonyl (C=O) groups is 3. The number of benzene rings is 1. The van der Waals surface area contributed by atoms with E-state index in [0.29, 0.717) is 11.3 Å². The van der Waals surface area contributed by atoms with E-state index >= 15 is 0 Å². The van der Waals surface area contributed by atoms with Crippen LogP contribution in [0.3, 0.4) is 0 Å². The summed E-state index contributed by atoms with van der Waals surface area (Å²) in [6.45, 7) is 3.24. The summed E-state index contributed by atoms with van der Waals surface area (Å²) in [4.78, 5) is 33.6. The molecule has 0 atom stereocenters. The molecule has 0 spiro atoms. The maximum atomic E-state index is 11.6. The highest BCUT2D eigenvalue weighted by molar-refractivity contribution is 5.96. The molecule has 0 heterocycles. The van der Waals surface area contributed by atoms with Crippen LogP contribution in [0.4, 0.5) is 10.5 Å². The molecule has 0 radical (unpaired) electrons. The maximum Gasteiger partial charge on any atom is 0.336 e. The molecule has 2 amide bonds. The van der Waals surface area contributed by atoms with Gasteiger partial charge in [0.15, 0.2) is 0 Å². The SMILES string of the molecule is CCOC(=O)CNC(=O)Nc1cccc(C(=O)O)c1C. The number of carboxylic acid groups (broad SMARTS) is 1. The fraction of sp³-hybridized carbons (Fsp3) is 0.308. The van der Waals surface area contributed by atoms with E-state index < -0.39 is 18.0 Å². The van der Waals surface area contributed by atoms with Gasteiger partial charge >= 0.3 is 18.0 Å². The zero-order valence-electron chi connectivity index (χ0n) is 11.2. The Labute approximate surface area is 115 Å². The minimum Gasteiger partial charge on any atom is -0.478 e. The third-order valence-electron chi connectivity index (χ3n) is 2.51. The lowest BCUT2D eigenvalue weighted by molar-refractivity contribution is -0.141. The molecule has 0 aliphatic carbocycles. The van der Waals surface area contributed by atoms with Crippen molar-refractivity contribution in [3.8, 4) is 0 Å². The summed E-state index contributed by atoms with van der Waals surface area (Å²) in [5, 5.41) is 13.8. The number of hydrogen-bond donors (Lipinski definition) is 3. The standard InChI is InChI=1S/C13H16N2O5/c1-3-20-11(16)7-14-13(19)15-10-6-4-5-9(8(10)2)12(17)18/h4-6H,3,7H2,1-2H3,(H,17,18)(H2,14,15,19). The van der Waals surface area contributed by atoms with Crippen molar-refractivity contribution in [2.45, 2.75) is 13.8 Å². The fourth-order valence-corrected chi connectivity index (χ4v) is 1.53. The lowest BCUT2D eigenvalue weighted by Crippen LogP contribution is -2.34. The number of carboxylic acids is 1. The molecular weight excluding hydrogens is 264 g/mol. The van der Waals surface area contributed by atoms with Gasteiger partial charge in [0.1, 0.15) is 6.54 Å². The zero-order valence-corrected chi connectivity index (χ0v) is 11.2. The van der Waals surface area contributed by atoms with Gasteiger partial charge in [-0.2, -0.15) is 0 Å². The van der Waals surface area contributed by atoms with Crippen LogP contribution in [0.2, 0.25) is 0 Å². The predicted molar refractivity (Wildman–Crippen MR) is 71.8 cm³/mol. The number of esters is 1. The Balaban J connectivity index is 2.65. The molecular formula is C13H16N2O5. The second-order valence-electron chi connectivity index (χ2n) is 3.90. The maximum absolute atomic E-state index is 11.6. The summed E-state index contributed by atoms with van der Waals surface area (Å²) in [7, 11) is 0. The first kappa shape index (κ1) is 15.5. The lowest BCUT2D eigenvalue weighted by atomic mass is 10.1. The normalized spacial score (nSPS) is 9.70. The summed E-state index contributed by atoms with van der Waals surface area (Å²) >= 11 is 0. The summed E-state index contributed by atoms with van der Waals surface area (Å²) in [5.41, 5.74) is 0.908. The molecule has 3 N–H and O–H groups in total. The van der Waals surface area contributed by atoms with Crippen molar-refractivity contribution in [3.05, 3.63) is 29.3 Å².